The Balaban J connectivity index is 1.81. The van der Waals surface area contributed by atoms with Crippen LogP contribution in [-0.4, -0.2) is 28.2 Å². The minimum Gasteiger partial charge on any atom is -0.493 e. The summed E-state index contributed by atoms with van der Waals surface area (Å²) in [6.45, 7) is 1.93. The molecule has 0 radical (unpaired) electrons. The van der Waals surface area contributed by atoms with Crippen molar-refractivity contribution in [2.24, 2.45) is 5.10 Å². The molecular weight excluding hydrogens is 400 g/mol. The Bertz CT molecular complexity index is 1140. The van der Waals surface area contributed by atoms with Crippen molar-refractivity contribution in [3.8, 4) is 11.5 Å². The van der Waals surface area contributed by atoms with E-state index in [1.807, 2.05) is 18.2 Å². The zero-order valence-corrected chi connectivity index (χ0v) is 16.8. The Morgan fingerprint density at radius 1 is 1.29 bits per heavy atom. The Morgan fingerprint density at radius 3 is 2.86 bits per heavy atom. The van der Waals surface area contributed by atoms with Crippen molar-refractivity contribution in [2.75, 3.05) is 7.11 Å². The molecule has 28 heavy (non-hydrogen) atoms. The summed E-state index contributed by atoms with van der Waals surface area (Å²) in [5, 5.41) is 11.2. The van der Waals surface area contributed by atoms with Crippen LogP contribution >= 0.6 is 23.8 Å². The highest BCUT2D eigenvalue weighted by atomic mass is 35.5. The predicted molar refractivity (Wildman–Crippen MR) is 110 cm³/mol. The summed E-state index contributed by atoms with van der Waals surface area (Å²) in [6.07, 6.45) is 1.51. The van der Waals surface area contributed by atoms with Crippen molar-refractivity contribution >= 4 is 30.0 Å². The maximum atomic E-state index is 12.1. The normalized spacial score (nSPS) is 11.0. The number of nitrogens with zero attached hydrogens (tertiary/aromatic N) is 3. The molecule has 0 aliphatic rings. The van der Waals surface area contributed by atoms with Crippen LogP contribution in [-0.2, 0) is 6.61 Å². The molecule has 0 amide bonds. The first-order chi connectivity index (χ1) is 13.5. The lowest BCUT2D eigenvalue weighted by molar-refractivity contribution is 0.284. The minimum absolute atomic E-state index is 0.111. The van der Waals surface area contributed by atoms with E-state index < -0.39 is 0 Å². The molecule has 1 aromatic heterocycles. The van der Waals surface area contributed by atoms with Crippen LogP contribution in [0.4, 0.5) is 0 Å². The summed E-state index contributed by atoms with van der Waals surface area (Å²) in [5.41, 5.74) is 1.55. The van der Waals surface area contributed by atoms with Gasteiger partial charge in [0.05, 0.1) is 13.3 Å². The van der Waals surface area contributed by atoms with E-state index in [2.05, 4.69) is 15.3 Å². The number of hydrogen-bond acceptors (Lipinski definition) is 6. The van der Waals surface area contributed by atoms with E-state index in [0.717, 1.165) is 10.2 Å². The number of aryl methyl sites for hydroxylation is 1. The first-order valence-electron chi connectivity index (χ1n) is 8.26. The average molecular weight is 417 g/mol. The minimum atomic E-state index is -0.381. The van der Waals surface area contributed by atoms with Gasteiger partial charge in [0.25, 0.3) is 5.56 Å². The SMILES string of the molecule is COc1cc(/C=N/n2c(=S)[nH]nc(C)c2=O)ccc1OCc1cccc(Cl)c1. The lowest BCUT2D eigenvalue weighted by Gasteiger charge is -2.11. The van der Waals surface area contributed by atoms with E-state index >= 15 is 0 Å². The number of aromatic amines is 1. The molecule has 0 unspecified atom stereocenters. The summed E-state index contributed by atoms with van der Waals surface area (Å²) in [4.78, 5) is 12.1. The summed E-state index contributed by atoms with van der Waals surface area (Å²) < 4.78 is 12.4. The lowest BCUT2D eigenvalue weighted by Crippen LogP contribution is -2.22. The molecule has 0 saturated heterocycles. The zero-order valence-electron chi connectivity index (χ0n) is 15.2. The number of rotatable bonds is 6. The molecule has 0 atom stereocenters. The molecule has 144 valence electrons. The van der Waals surface area contributed by atoms with E-state index in [1.54, 1.807) is 38.3 Å². The smallest absolute Gasteiger partial charge is 0.296 e. The van der Waals surface area contributed by atoms with Gasteiger partial charge in [-0.25, -0.2) is 0 Å². The molecule has 9 heteroatoms. The van der Waals surface area contributed by atoms with Gasteiger partial charge in [0.1, 0.15) is 12.3 Å². The topological polar surface area (TPSA) is 81.5 Å². The van der Waals surface area contributed by atoms with Crippen LogP contribution in [0.3, 0.4) is 0 Å². The maximum absolute atomic E-state index is 12.1. The van der Waals surface area contributed by atoms with E-state index in [-0.39, 0.29) is 16.0 Å². The summed E-state index contributed by atoms with van der Waals surface area (Å²) in [6, 6.07) is 12.8. The fourth-order valence-corrected chi connectivity index (χ4v) is 2.76. The van der Waals surface area contributed by atoms with Crippen LogP contribution in [0, 0.1) is 11.7 Å². The zero-order chi connectivity index (χ0) is 20.1. The van der Waals surface area contributed by atoms with Crippen molar-refractivity contribution in [2.45, 2.75) is 13.5 Å². The highest BCUT2D eigenvalue weighted by Gasteiger charge is 2.07. The van der Waals surface area contributed by atoms with Crippen LogP contribution in [0.1, 0.15) is 16.8 Å². The highest BCUT2D eigenvalue weighted by molar-refractivity contribution is 7.71. The van der Waals surface area contributed by atoms with Gasteiger partial charge in [0, 0.05) is 5.02 Å². The summed E-state index contributed by atoms with van der Waals surface area (Å²) in [7, 11) is 1.55. The first kappa shape index (κ1) is 19.8. The van der Waals surface area contributed by atoms with Gasteiger partial charge in [0.15, 0.2) is 11.5 Å². The third-order valence-corrected chi connectivity index (χ3v) is 4.31. The molecule has 7 nitrogen and oxygen atoms in total. The summed E-state index contributed by atoms with van der Waals surface area (Å²) in [5.74, 6) is 1.11. The number of nitrogens with one attached hydrogen (secondary N) is 1. The van der Waals surface area contributed by atoms with Crippen molar-refractivity contribution < 1.29 is 9.47 Å². The number of H-pyrrole nitrogens is 1. The Hall–Kier alpha value is -2.97. The van der Waals surface area contributed by atoms with E-state index in [1.165, 1.54) is 6.21 Å². The number of aromatic nitrogens is 3. The lowest BCUT2D eigenvalue weighted by atomic mass is 10.2. The van der Waals surface area contributed by atoms with E-state index in [0.29, 0.717) is 28.7 Å². The van der Waals surface area contributed by atoms with Gasteiger partial charge in [-0.2, -0.15) is 14.9 Å². The van der Waals surface area contributed by atoms with Gasteiger partial charge in [0.2, 0.25) is 4.77 Å². The number of ether oxygens (including phenoxy) is 2. The van der Waals surface area contributed by atoms with Gasteiger partial charge in [-0.15, -0.1) is 0 Å². The van der Waals surface area contributed by atoms with Gasteiger partial charge in [-0.05, 0) is 60.6 Å². The number of benzene rings is 2. The number of methoxy groups -OCH3 is 1. The quantitative estimate of drug-likeness (QED) is 0.489. The van der Waals surface area contributed by atoms with Crippen molar-refractivity contribution in [3.05, 3.63) is 79.4 Å². The maximum Gasteiger partial charge on any atom is 0.296 e. The van der Waals surface area contributed by atoms with Crippen LogP contribution in [0.2, 0.25) is 5.02 Å². The monoisotopic (exact) mass is 416 g/mol. The average Bonchev–Trinajstić information content (AvgIpc) is 2.69. The van der Waals surface area contributed by atoms with Gasteiger partial charge in [-0.3, -0.25) is 9.89 Å². The van der Waals surface area contributed by atoms with Gasteiger partial charge < -0.3 is 9.47 Å². The molecule has 0 spiro atoms. The van der Waals surface area contributed by atoms with E-state index in [4.69, 9.17) is 33.3 Å². The number of halogens is 1. The largest absolute Gasteiger partial charge is 0.493 e. The fourth-order valence-electron chi connectivity index (χ4n) is 2.37. The third-order valence-electron chi connectivity index (χ3n) is 3.81. The van der Waals surface area contributed by atoms with Gasteiger partial charge in [-0.1, -0.05) is 23.7 Å². The van der Waals surface area contributed by atoms with Crippen LogP contribution in [0.5, 0.6) is 11.5 Å². The molecule has 0 fully saturated rings. The molecule has 0 aliphatic heterocycles. The Morgan fingerprint density at radius 2 is 2.11 bits per heavy atom. The Labute approximate surface area is 171 Å². The molecular formula is C19H17ClN4O3S. The predicted octanol–water partition coefficient (Wildman–Crippen LogP) is 3.73. The van der Waals surface area contributed by atoms with Crippen molar-refractivity contribution in [3.63, 3.8) is 0 Å². The molecule has 1 heterocycles. The van der Waals surface area contributed by atoms with Crippen LogP contribution in [0.25, 0.3) is 0 Å². The van der Waals surface area contributed by atoms with E-state index in [9.17, 15) is 4.79 Å². The molecule has 1 N–H and O–H groups in total. The van der Waals surface area contributed by atoms with Crippen LogP contribution < -0.4 is 15.0 Å². The molecule has 0 bridgehead atoms. The fraction of sp³-hybridized carbons (Fsp3) is 0.158. The molecule has 0 saturated carbocycles. The molecule has 2 aromatic carbocycles. The third kappa shape index (κ3) is 4.65. The second-order valence-corrected chi connectivity index (χ2v) is 6.63. The summed E-state index contributed by atoms with van der Waals surface area (Å²) >= 11 is 11.0. The molecule has 3 rings (SSSR count). The van der Waals surface area contributed by atoms with Crippen LogP contribution in [0.15, 0.2) is 52.4 Å². The van der Waals surface area contributed by atoms with Crippen molar-refractivity contribution in [1.29, 1.82) is 0 Å². The molecule has 0 aliphatic carbocycles. The first-order valence-corrected chi connectivity index (χ1v) is 9.04. The standard InChI is InChI=1S/C19H17ClN4O3S/c1-12-18(25)24(19(28)23-22-12)21-10-13-6-7-16(17(9-13)26-2)27-11-14-4-3-5-15(20)8-14/h3-10H,11H2,1-2H3,(H,23,28)/b21-10+. The Kier molecular flexibility index (Phi) is 6.23. The highest BCUT2D eigenvalue weighted by Crippen LogP contribution is 2.28. The molecule has 3 aromatic rings. The van der Waals surface area contributed by atoms with Crippen molar-refractivity contribution in [1.82, 2.24) is 14.9 Å². The van der Waals surface area contributed by atoms with Gasteiger partial charge >= 0.3 is 0 Å². The number of hydrogen-bond donors (Lipinski definition) is 1. The second-order valence-electron chi connectivity index (χ2n) is 5.80. The second kappa shape index (κ2) is 8.81.